The number of hydrogen-bond donors (Lipinski definition) is 1. The van der Waals surface area contributed by atoms with Crippen LogP contribution in [0.25, 0.3) is 0 Å². The molecule has 4 atom stereocenters. The molecule has 0 aromatic heterocycles. The molecule has 2 bridgehead atoms. The van der Waals surface area contributed by atoms with Crippen LogP contribution in [0.15, 0.2) is 0 Å². The van der Waals surface area contributed by atoms with E-state index in [4.69, 9.17) is 0 Å². The largest absolute Gasteiger partial charge is 0.309 e. The molecule has 2 aliphatic carbocycles. The Labute approximate surface area is 120 Å². The van der Waals surface area contributed by atoms with Gasteiger partial charge in [-0.15, -0.1) is 0 Å². The Balaban J connectivity index is 2.07. The van der Waals surface area contributed by atoms with E-state index in [0.717, 1.165) is 12.5 Å². The molecule has 1 N–H and O–H groups in total. The van der Waals surface area contributed by atoms with Crippen LogP contribution >= 0.6 is 0 Å². The molecule has 0 saturated heterocycles. The highest BCUT2D eigenvalue weighted by Crippen LogP contribution is 2.65. The smallest absolute Gasteiger partial charge is 0.0220 e. The number of likely N-dealkylation sites (N-methyl/N-ethyl adjacent to an activating group) is 1. The zero-order chi connectivity index (χ0) is 14.4. The third kappa shape index (κ3) is 2.47. The van der Waals surface area contributed by atoms with E-state index in [2.05, 4.69) is 58.9 Å². The maximum Gasteiger partial charge on any atom is 0.0220 e. The fourth-order valence-electron chi connectivity index (χ4n) is 4.56. The average molecular weight is 266 g/mol. The van der Waals surface area contributed by atoms with Crippen LogP contribution in [0.4, 0.5) is 0 Å². The van der Waals surface area contributed by atoms with Crippen LogP contribution in [0.5, 0.6) is 0 Å². The van der Waals surface area contributed by atoms with Gasteiger partial charge in [0.05, 0.1) is 0 Å². The van der Waals surface area contributed by atoms with Gasteiger partial charge in [0.2, 0.25) is 0 Å². The maximum atomic E-state index is 4.03. The summed E-state index contributed by atoms with van der Waals surface area (Å²) >= 11 is 0. The van der Waals surface area contributed by atoms with Crippen LogP contribution in [0.1, 0.15) is 53.9 Å². The van der Waals surface area contributed by atoms with E-state index < -0.39 is 0 Å². The summed E-state index contributed by atoms with van der Waals surface area (Å²) in [4.78, 5) is 2.32. The van der Waals surface area contributed by atoms with Gasteiger partial charge in [-0.2, -0.15) is 0 Å². The monoisotopic (exact) mass is 266 g/mol. The van der Waals surface area contributed by atoms with Crippen molar-refractivity contribution in [3.05, 3.63) is 0 Å². The molecule has 0 radical (unpaired) electrons. The lowest BCUT2D eigenvalue weighted by Crippen LogP contribution is -2.52. The molecule has 19 heavy (non-hydrogen) atoms. The van der Waals surface area contributed by atoms with E-state index >= 15 is 0 Å². The molecule has 2 heteroatoms. The van der Waals surface area contributed by atoms with Crippen LogP contribution in [0.2, 0.25) is 0 Å². The molecular weight excluding hydrogens is 232 g/mol. The van der Waals surface area contributed by atoms with Crippen LogP contribution in [-0.2, 0) is 0 Å². The van der Waals surface area contributed by atoms with Crippen molar-refractivity contribution < 1.29 is 0 Å². The summed E-state index contributed by atoms with van der Waals surface area (Å²) < 4.78 is 0. The van der Waals surface area contributed by atoms with Crippen molar-refractivity contribution in [1.29, 1.82) is 0 Å². The van der Waals surface area contributed by atoms with Crippen molar-refractivity contribution in [3.63, 3.8) is 0 Å². The molecule has 0 spiro atoms. The quantitative estimate of drug-likeness (QED) is 0.820. The van der Waals surface area contributed by atoms with E-state index in [1.807, 2.05) is 0 Å². The molecule has 0 amide bonds. The number of fused-ring (bicyclic) bond motifs is 2. The second-order valence-electron chi connectivity index (χ2n) is 8.44. The first-order valence-electron chi connectivity index (χ1n) is 8.09. The molecule has 2 rings (SSSR count). The molecule has 0 aromatic rings. The highest BCUT2D eigenvalue weighted by Gasteiger charge is 2.61. The van der Waals surface area contributed by atoms with Crippen molar-refractivity contribution in [3.8, 4) is 0 Å². The Kier molecular flexibility index (Phi) is 4.06. The van der Waals surface area contributed by atoms with Crippen LogP contribution in [0, 0.1) is 22.7 Å². The van der Waals surface area contributed by atoms with Gasteiger partial charge in [0.15, 0.2) is 0 Å². The van der Waals surface area contributed by atoms with Crippen molar-refractivity contribution in [2.75, 3.05) is 20.6 Å². The van der Waals surface area contributed by atoms with Crippen molar-refractivity contribution in [2.45, 2.75) is 66.0 Å². The first-order chi connectivity index (χ1) is 8.68. The Hall–Kier alpha value is -0.0800. The normalized spacial score (nSPS) is 38.4. The predicted molar refractivity (Wildman–Crippen MR) is 83.3 cm³/mol. The Morgan fingerprint density at radius 2 is 1.84 bits per heavy atom. The summed E-state index contributed by atoms with van der Waals surface area (Å²) in [7, 11) is 4.37. The van der Waals surface area contributed by atoms with Gasteiger partial charge in [0, 0.05) is 18.6 Å². The zero-order valence-corrected chi connectivity index (χ0v) is 14.1. The van der Waals surface area contributed by atoms with Crippen LogP contribution in [0.3, 0.4) is 0 Å². The second kappa shape index (κ2) is 5.04. The van der Waals surface area contributed by atoms with Gasteiger partial charge < -0.3 is 10.2 Å². The minimum absolute atomic E-state index is 0.497. The van der Waals surface area contributed by atoms with E-state index in [1.54, 1.807) is 0 Å². The third-order valence-corrected chi connectivity index (χ3v) is 6.58. The molecule has 2 aliphatic rings. The Morgan fingerprint density at radius 1 is 1.21 bits per heavy atom. The lowest BCUT2D eigenvalue weighted by molar-refractivity contribution is 0.107. The van der Waals surface area contributed by atoms with Gasteiger partial charge in [0.1, 0.15) is 0 Å². The first-order valence-corrected chi connectivity index (χ1v) is 8.09. The zero-order valence-electron chi connectivity index (χ0n) is 14.1. The lowest BCUT2D eigenvalue weighted by atomic mass is 9.69. The number of rotatable bonds is 5. The van der Waals surface area contributed by atoms with Gasteiger partial charge in [-0.3, -0.25) is 0 Å². The van der Waals surface area contributed by atoms with Gasteiger partial charge >= 0.3 is 0 Å². The minimum Gasteiger partial charge on any atom is -0.309 e. The molecule has 112 valence electrons. The van der Waals surface area contributed by atoms with E-state index in [-0.39, 0.29) is 0 Å². The maximum absolute atomic E-state index is 4.03. The second-order valence-corrected chi connectivity index (χ2v) is 8.44. The standard InChI is InChI=1S/C17H34N2/c1-12(2)14(11-19(6)7)18-15-10-13-8-9-17(15,5)16(13,3)4/h12-15,18H,8-11H2,1-7H3. The number of nitrogens with zero attached hydrogens (tertiary/aromatic N) is 1. The highest BCUT2D eigenvalue weighted by molar-refractivity contribution is 5.13. The fourth-order valence-corrected chi connectivity index (χ4v) is 4.56. The number of nitrogens with one attached hydrogen (secondary N) is 1. The molecule has 2 fully saturated rings. The summed E-state index contributed by atoms with van der Waals surface area (Å²) in [5.41, 5.74) is 1.02. The van der Waals surface area contributed by atoms with Gasteiger partial charge in [0.25, 0.3) is 0 Å². The van der Waals surface area contributed by atoms with E-state index in [9.17, 15) is 0 Å². The summed E-state index contributed by atoms with van der Waals surface area (Å²) in [6, 6.07) is 1.33. The summed E-state index contributed by atoms with van der Waals surface area (Å²) in [5, 5.41) is 4.03. The highest BCUT2D eigenvalue weighted by atomic mass is 15.1. The molecule has 4 unspecified atom stereocenters. The lowest BCUT2D eigenvalue weighted by Gasteiger charge is -2.42. The molecule has 2 nitrogen and oxygen atoms in total. The fraction of sp³-hybridized carbons (Fsp3) is 1.00. The van der Waals surface area contributed by atoms with Crippen molar-refractivity contribution in [2.24, 2.45) is 22.7 Å². The first kappa shape index (κ1) is 15.3. The van der Waals surface area contributed by atoms with Crippen LogP contribution < -0.4 is 5.32 Å². The number of hydrogen-bond acceptors (Lipinski definition) is 2. The average Bonchev–Trinajstić information content (AvgIpc) is 2.60. The van der Waals surface area contributed by atoms with Gasteiger partial charge in [-0.1, -0.05) is 34.6 Å². The summed E-state index contributed by atoms with van der Waals surface area (Å²) in [5.74, 6) is 1.63. The molecule has 0 aromatic carbocycles. The summed E-state index contributed by atoms with van der Waals surface area (Å²) in [6.07, 6.45) is 4.25. The molecule has 0 aliphatic heterocycles. The van der Waals surface area contributed by atoms with Crippen molar-refractivity contribution in [1.82, 2.24) is 10.2 Å². The minimum atomic E-state index is 0.497. The van der Waals surface area contributed by atoms with Crippen molar-refractivity contribution >= 4 is 0 Å². The molecule has 0 heterocycles. The SMILES string of the molecule is CC(C)C(CN(C)C)NC1CC2CCC1(C)C2(C)C. The van der Waals surface area contributed by atoms with E-state index in [1.165, 1.54) is 19.3 Å². The van der Waals surface area contributed by atoms with E-state index in [0.29, 0.717) is 28.8 Å². The summed E-state index contributed by atoms with van der Waals surface area (Å²) in [6.45, 7) is 13.4. The Bertz CT molecular complexity index is 321. The molecule has 2 saturated carbocycles. The van der Waals surface area contributed by atoms with Gasteiger partial charge in [-0.25, -0.2) is 0 Å². The third-order valence-electron chi connectivity index (χ3n) is 6.58. The predicted octanol–water partition coefficient (Wildman–Crippen LogP) is 3.38. The Morgan fingerprint density at radius 3 is 2.21 bits per heavy atom. The topological polar surface area (TPSA) is 15.3 Å². The van der Waals surface area contributed by atoms with Gasteiger partial charge in [-0.05, 0) is 56.0 Å². The van der Waals surface area contributed by atoms with Crippen LogP contribution in [-0.4, -0.2) is 37.6 Å². The molecular formula is C17H34N2.